The Balaban J connectivity index is 1.61. The van der Waals surface area contributed by atoms with Gasteiger partial charge in [-0.15, -0.1) is 0 Å². The first kappa shape index (κ1) is 14.1. The molecule has 0 aliphatic heterocycles. The van der Waals surface area contributed by atoms with Gasteiger partial charge in [-0.05, 0) is 43.5 Å². The van der Waals surface area contributed by atoms with Crippen LogP contribution in [0.2, 0.25) is 0 Å². The third kappa shape index (κ3) is 3.45. The molecule has 4 nitrogen and oxygen atoms in total. The van der Waals surface area contributed by atoms with Crippen LogP contribution in [0.25, 0.3) is 0 Å². The predicted molar refractivity (Wildman–Crippen MR) is 83.1 cm³/mol. The van der Waals surface area contributed by atoms with Crippen molar-refractivity contribution in [3.05, 3.63) is 47.8 Å². The largest absolute Gasteiger partial charge is 0.487 e. The molecule has 0 amide bonds. The van der Waals surface area contributed by atoms with E-state index >= 15 is 0 Å². The van der Waals surface area contributed by atoms with E-state index in [0.717, 1.165) is 17.0 Å². The molecule has 1 aliphatic rings. The van der Waals surface area contributed by atoms with E-state index in [1.165, 1.54) is 25.7 Å². The second-order valence-corrected chi connectivity index (χ2v) is 5.88. The quantitative estimate of drug-likeness (QED) is 0.913. The summed E-state index contributed by atoms with van der Waals surface area (Å²) in [5, 5.41) is 4.63. The van der Waals surface area contributed by atoms with E-state index < -0.39 is 0 Å². The Labute approximate surface area is 125 Å². The van der Waals surface area contributed by atoms with Gasteiger partial charge in [0.2, 0.25) is 0 Å². The van der Waals surface area contributed by atoms with Gasteiger partial charge < -0.3 is 10.5 Å². The lowest BCUT2D eigenvalue weighted by atomic mass is 10.1. The molecular formula is C17H23N3O. The van der Waals surface area contributed by atoms with Gasteiger partial charge >= 0.3 is 0 Å². The molecule has 1 heterocycles. The summed E-state index contributed by atoms with van der Waals surface area (Å²) >= 11 is 0. The van der Waals surface area contributed by atoms with E-state index in [2.05, 4.69) is 16.0 Å². The van der Waals surface area contributed by atoms with Crippen molar-refractivity contribution >= 4 is 0 Å². The van der Waals surface area contributed by atoms with Gasteiger partial charge in [-0.1, -0.05) is 25.0 Å². The summed E-state index contributed by atoms with van der Waals surface area (Å²) < 4.78 is 7.93. The lowest BCUT2D eigenvalue weighted by molar-refractivity contribution is 0.297. The standard InChI is InChI=1S/C17H23N3O/c1-13(18)14-5-4-8-17(11-14)21-12-15-9-10-20(19-15)16-6-2-3-7-16/h4-5,8-11,13,16H,2-3,6-7,12,18H2,1H3/t13-/m1/s1. The second kappa shape index (κ2) is 6.31. The van der Waals surface area contributed by atoms with Crippen molar-refractivity contribution in [2.24, 2.45) is 5.73 Å². The van der Waals surface area contributed by atoms with Crippen molar-refractivity contribution in [2.45, 2.75) is 51.3 Å². The maximum Gasteiger partial charge on any atom is 0.132 e. The fraction of sp³-hybridized carbons (Fsp3) is 0.471. The number of aromatic nitrogens is 2. The Morgan fingerprint density at radius 3 is 2.90 bits per heavy atom. The first-order valence-corrected chi connectivity index (χ1v) is 7.75. The summed E-state index contributed by atoms with van der Waals surface area (Å²) in [4.78, 5) is 0. The maximum atomic E-state index is 5.89. The highest BCUT2D eigenvalue weighted by atomic mass is 16.5. The molecule has 4 heteroatoms. The molecule has 0 saturated heterocycles. The van der Waals surface area contributed by atoms with E-state index in [0.29, 0.717) is 12.6 Å². The minimum Gasteiger partial charge on any atom is -0.487 e. The van der Waals surface area contributed by atoms with Crippen molar-refractivity contribution < 1.29 is 4.74 Å². The molecule has 0 unspecified atom stereocenters. The van der Waals surface area contributed by atoms with Crippen LogP contribution in [0.15, 0.2) is 36.5 Å². The average Bonchev–Trinajstić information content (AvgIpc) is 3.16. The van der Waals surface area contributed by atoms with Crippen molar-refractivity contribution in [1.82, 2.24) is 9.78 Å². The number of hydrogen-bond acceptors (Lipinski definition) is 3. The van der Waals surface area contributed by atoms with Gasteiger partial charge in [-0.25, -0.2) is 0 Å². The van der Waals surface area contributed by atoms with Crippen LogP contribution in [0.3, 0.4) is 0 Å². The van der Waals surface area contributed by atoms with E-state index in [4.69, 9.17) is 10.5 Å². The number of nitrogens with two attached hydrogens (primary N) is 1. The van der Waals surface area contributed by atoms with Crippen LogP contribution in [0.5, 0.6) is 5.75 Å². The summed E-state index contributed by atoms with van der Waals surface area (Å²) in [7, 11) is 0. The molecule has 1 saturated carbocycles. The molecule has 3 rings (SSSR count). The van der Waals surface area contributed by atoms with Crippen LogP contribution in [0.4, 0.5) is 0 Å². The highest BCUT2D eigenvalue weighted by Crippen LogP contribution is 2.28. The summed E-state index contributed by atoms with van der Waals surface area (Å²) in [6, 6.07) is 10.6. The number of hydrogen-bond donors (Lipinski definition) is 1. The molecule has 0 radical (unpaired) electrons. The fourth-order valence-electron chi connectivity index (χ4n) is 2.87. The second-order valence-electron chi connectivity index (χ2n) is 5.88. The average molecular weight is 285 g/mol. The summed E-state index contributed by atoms with van der Waals surface area (Å²) in [6.07, 6.45) is 7.21. The number of rotatable bonds is 5. The van der Waals surface area contributed by atoms with Crippen LogP contribution in [-0.4, -0.2) is 9.78 Å². The van der Waals surface area contributed by atoms with Crippen molar-refractivity contribution in [1.29, 1.82) is 0 Å². The van der Waals surface area contributed by atoms with Crippen molar-refractivity contribution in [2.75, 3.05) is 0 Å². The van der Waals surface area contributed by atoms with Gasteiger partial charge in [-0.3, -0.25) is 4.68 Å². The van der Waals surface area contributed by atoms with Crippen molar-refractivity contribution in [3.8, 4) is 5.75 Å². The zero-order chi connectivity index (χ0) is 14.7. The Bertz CT molecular complexity index is 585. The van der Waals surface area contributed by atoms with Crippen LogP contribution in [0, 0.1) is 0 Å². The Hall–Kier alpha value is -1.81. The zero-order valence-corrected chi connectivity index (χ0v) is 12.5. The smallest absolute Gasteiger partial charge is 0.132 e. The summed E-state index contributed by atoms with van der Waals surface area (Å²) in [6.45, 7) is 2.48. The summed E-state index contributed by atoms with van der Waals surface area (Å²) in [5.41, 5.74) is 7.96. The Morgan fingerprint density at radius 1 is 1.33 bits per heavy atom. The van der Waals surface area contributed by atoms with Gasteiger partial charge in [-0.2, -0.15) is 5.10 Å². The van der Waals surface area contributed by atoms with Crippen LogP contribution >= 0.6 is 0 Å². The van der Waals surface area contributed by atoms with Gasteiger partial charge in [0.1, 0.15) is 12.4 Å². The SMILES string of the molecule is C[C@@H](N)c1cccc(OCc2ccn(C3CCCC3)n2)c1. The number of nitrogens with zero attached hydrogens (tertiary/aromatic N) is 2. The number of benzene rings is 1. The predicted octanol–water partition coefficient (Wildman–Crippen LogP) is 3.60. The molecule has 1 aromatic heterocycles. The lowest BCUT2D eigenvalue weighted by Gasteiger charge is -2.10. The van der Waals surface area contributed by atoms with E-state index in [1.54, 1.807) is 0 Å². The third-order valence-corrected chi connectivity index (χ3v) is 4.13. The number of ether oxygens (including phenoxy) is 1. The topological polar surface area (TPSA) is 53.1 Å². The molecule has 21 heavy (non-hydrogen) atoms. The molecular weight excluding hydrogens is 262 g/mol. The molecule has 1 aliphatic carbocycles. The molecule has 112 valence electrons. The third-order valence-electron chi connectivity index (χ3n) is 4.13. The zero-order valence-electron chi connectivity index (χ0n) is 12.5. The minimum atomic E-state index is 0.0233. The van der Waals surface area contributed by atoms with Crippen LogP contribution in [0.1, 0.15) is 55.9 Å². The molecule has 0 bridgehead atoms. The first-order chi connectivity index (χ1) is 10.2. The van der Waals surface area contributed by atoms with Crippen LogP contribution < -0.4 is 10.5 Å². The first-order valence-electron chi connectivity index (χ1n) is 7.75. The highest BCUT2D eigenvalue weighted by molar-refractivity contribution is 5.30. The highest BCUT2D eigenvalue weighted by Gasteiger charge is 2.17. The normalized spacial score (nSPS) is 17.0. The van der Waals surface area contributed by atoms with Gasteiger partial charge in [0.25, 0.3) is 0 Å². The van der Waals surface area contributed by atoms with Gasteiger partial charge in [0.05, 0.1) is 11.7 Å². The van der Waals surface area contributed by atoms with Crippen molar-refractivity contribution in [3.63, 3.8) is 0 Å². The monoisotopic (exact) mass is 285 g/mol. The van der Waals surface area contributed by atoms with Gasteiger partial charge in [0, 0.05) is 12.2 Å². The molecule has 2 N–H and O–H groups in total. The molecule has 2 aromatic rings. The Morgan fingerprint density at radius 2 is 2.14 bits per heavy atom. The lowest BCUT2D eigenvalue weighted by Crippen LogP contribution is -2.07. The van der Waals surface area contributed by atoms with E-state index in [9.17, 15) is 0 Å². The summed E-state index contributed by atoms with van der Waals surface area (Å²) in [5.74, 6) is 0.847. The van der Waals surface area contributed by atoms with Gasteiger partial charge in [0.15, 0.2) is 0 Å². The minimum absolute atomic E-state index is 0.0233. The van der Waals surface area contributed by atoms with Crippen LogP contribution in [-0.2, 0) is 6.61 Å². The van der Waals surface area contributed by atoms with E-state index in [-0.39, 0.29) is 6.04 Å². The molecule has 1 atom stereocenters. The molecule has 1 fully saturated rings. The molecule has 0 spiro atoms. The van der Waals surface area contributed by atoms with E-state index in [1.807, 2.05) is 37.3 Å². The maximum absolute atomic E-state index is 5.89. The Kier molecular flexibility index (Phi) is 4.25. The fourth-order valence-corrected chi connectivity index (χ4v) is 2.87. The molecule has 1 aromatic carbocycles.